The quantitative estimate of drug-likeness (QED) is 0.926. The number of benzene rings is 2. The minimum Gasteiger partial charge on any atom is -0.504 e. The van der Waals surface area contributed by atoms with E-state index >= 15 is 0 Å². The number of ether oxygens (including phenoxy) is 1. The minimum absolute atomic E-state index is 0.0457. The number of rotatable bonds is 3. The molecule has 114 valence electrons. The van der Waals surface area contributed by atoms with Crippen LogP contribution in [-0.4, -0.2) is 23.9 Å². The number of hydrogen-bond acceptors (Lipinski definition) is 4. The Morgan fingerprint density at radius 2 is 2.00 bits per heavy atom. The summed E-state index contributed by atoms with van der Waals surface area (Å²) in [6.07, 6.45) is 0. The molecule has 1 amide bonds. The number of halogens is 1. The van der Waals surface area contributed by atoms with E-state index in [1.807, 2.05) is 12.1 Å². The van der Waals surface area contributed by atoms with E-state index in [9.17, 15) is 9.90 Å². The molecule has 1 heterocycles. The molecule has 1 N–H and O–H groups in total. The summed E-state index contributed by atoms with van der Waals surface area (Å²) in [4.78, 5) is 14.0. The van der Waals surface area contributed by atoms with Crippen LogP contribution in [0.4, 0.5) is 5.69 Å². The molecule has 4 nitrogen and oxygen atoms in total. The normalized spacial score (nSPS) is 17.8. The van der Waals surface area contributed by atoms with Gasteiger partial charge in [0.05, 0.1) is 12.9 Å². The van der Waals surface area contributed by atoms with Crippen molar-refractivity contribution in [1.82, 2.24) is 0 Å². The maximum absolute atomic E-state index is 12.3. The van der Waals surface area contributed by atoms with Gasteiger partial charge < -0.3 is 9.84 Å². The summed E-state index contributed by atoms with van der Waals surface area (Å²) in [6.45, 7) is 0. The van der Waals surface area contributed by atoms with Crippen LogP contribution in [0.2, 0.25) is 5.02 Å². The Morgan fingerprint density at radius 3 is 2.68 bits per heavy atom. The van der Waals surface area contributed by atoms with Gasteiger partial charge >= 0.3 is 0 Å². The molecule has 3 rings (SSSR count). The Labute approximate surface area is 137 Å². The number of hydrogen-bond donors (Lipinski definition) is 1. The molecule has 0 aliphatic carbocycles. The number of aromatic hydroxyl groups is 1. The fourth-order valence-electron chi connectivity index (χ4n) is 2.40. The third-order valence-electron chi connectivity index (χ3n) is 3.46. The van der Waals surface area contributed by atoms with E-state index in [-0.39, 0.29) is 17.0 Å². The van der Waals surface area contributed by atoms with Crippen molar-refractivity contribution in [2.24, 2.45) is 0 Å². The largest absolute Gasteiger partial charge is 0.504 e. The molecular formula is C16H14ClNO3S. The number of nitrogens with zero attached hydrogens (tertiary/aromatic N) is 1. The Balaban J connectivity index is 1.98. The van der Waals surface area contributed by atoms with Crippen molar-refractivity contribution < 1.29 is 14.6 Å². The molecule has 1 fully saturated rings. The second kappa shape index (κ2) is 6.10. The first-order valence-corrected chi connectivity index (χ1v) is 8.09. The van der Waals surface area contributed by atoms with Gasteiger partial charge in [-0.3, -0.25) is 9.69 Å². The van der Waals surface area contributed by atoms with Crippen LogP contribution in [-0.2, 0) is 4.79 Å². The maximum atomic E-state index is 12.3. The second-order valence-electron chi connectivity index (χ2n) is 4.83. The Hall–Kier alpha value is -1.85. The average Bonchev–Trinajstić information content (AvgIpc) is 2.90. The van der Waals surface area contributed by atoms with Crippen molar-refractivity contribution >= 4 is 35.0 Å². The van der Waals surface area contributed by atoms with Gasteiger partial charge in [0.2, 0.25) is 5.91 Å². The highest BCUT2D eigenvalue weighted by Gasteiger charge is 2.34. The first kappa shape index (κ1) is 15.1. The molecule has 0 bridgehead atoms. The third-order valence-corrected chi connectivity index (χ3v) is 4.93. The van der Waals surface area contributed by atoms with Crippen LogP contribution in [0.25, 0.3) is 0 Å². The first-order chi connectivity index (χ1) is 10.6. The number of methoxy groups -OCH3 is 1. The molecule has 6 heteroatoms. The molecule has 2 aromatic carbocycles. The van der Waals surface area contributed by atoms with Crippen molar-refractivity contribution in [1.29, 1.82) is 0 Å². The second-order valence-corrected chi connectivity index (χ2v) is 6.34. The molecule has 1 unspecified atom stereocenters. The van der Waals surface area contributed by atoms with Crippen molar-refractivity contribution in [2.45, 2.75) is 5.37 Å². The Morgan fingerprint density at radius 1 is 1.27 bits per heavy atom. The van der Waals surface area contributed by atoms with Gasteiger partial charge in [-0.1, -0.05) is 17.7 Å². The zero-order valence-corrected chi connectivity index (χ0v) is 13.4. The van der Waals surface area contributed by atoms with Crippen molar-refractivity contribution in [2.75, 3.05) is 17.8 Å². The van der Waals surface area contributed by atoms with Gasteiger partial charge in [-0.15, -0.1) is 11.8 Å². The smallest absolute Gasteiger partial charge is 0.238 e. The number of phenolic OH excluding ortho intramolecular Hbond substituents is 1. The maximum Gasteiger partial charge on any atom is 0.238 e. The Kier molecular flexibility index (Phi) is 4.18. The highest BCUT2D eigenvalue weighted by atomic mass is 35.5. The van der Waals surface area contributed by atoms with Gasteiger partial charge in [-0.05, 0) is 42.0 Å². The lowest BCUT2D eigenvalue weighted by molar-refractivity contribution is -0.115. The molecule has 1 aliphatic rings. The highest BCUT2D eigenvalue weighted by Crippen LogP contribution is 2.43. The number of carbonyl (C=O) groups is 1. The molecule has 1 aliphatic heterocycles. The number of anilines is 1. The molecular weight excluding hydrogens is 322 g/mol. The lowest BCUT2D eigenvalue weighted by Gasteiger charge is -2.24. The molecule has 1 saturated heterocycles. The monoisotopic (exact) mass is 335 g/mol. The van der Waals surface area contributed by atoms with E-state index in [4.69, 9.17) is 16.3 Å². The number of phenols is 1. The number of carbonyl (C=O) groups excluding carboxylic acids is 1. The van der Waals surface area contributed by atoms with E-state index < -0.39 is 0 Å². The van der Waals surface area contributed by atoms with Crippen molar-refractivity contribution in [3.8, 4) is 11.5 Å². The minimum atomic E-state index is -0.150. The van der Waals surface area contributed by atoms with Gasteiger partial charge in [0, 0.05) is 10.7 Å². The van der Waals surface area contributed by atoms with Crippen LogP contribution in [0.1, 0.15) is 10.9 Å². The molecule has 1 atom stereocenters. The standard InChI is InChI=1S/C16H14ClNO3S/c1-21-14-8-10(2-7-13(14)19)16-18(15(20)9-22-16)12-5-3-11(17)4-6-12/h2-8,16,19H,9H2,1H3. The zero-order valence-electron chi connectivity index (χ0n) is 11.8. The fraction of sp³-hybridized carbons (Fsp3) is 0.188. The summed E-state index contributed by atoms with van der Waals surface area (Å²) in [6, 6.07) is 12.3. The lowest BCUT2D eigenvalue weighted by atomic mass is 10.1. The molecule has 2 aromatic rings. The molecule has 22 heavy (non-hydrogen) atoms. The van der Waals surface area contributed by atoms with E-state index in [1.54, 1.807) is 47.0 Å². The Bertz CT molecular complexity index is 705. The van der Waals surface area contributed by atoms with Gasteiger partial charge in [0.15, 0.2) is 11.5 Å². The lowest BCUT2D eigenvalue weighted by Crippen LogP contribution is -2.27. The zero-order chi connectivity index (χ0) is 15.7. The van der Waals surface area contributed by atoms with Crippen LogP contribution in [0.15, 0.2) is 42.5 Å². The third kappa shape index (κ3) is 2.74. The van der Waals surface area contributed by atoms with E-state index in [1.165, 1.54) is 7.11 Å². The molecule has 0 aromatic heterocycles. The SMILES string of the molecule is COc1cc(C2SCC(=O)N2c2ccc(Cl)cc2)ccc1O. The van der Waals surface area contributed by atoms with Gasteiger partial charge in [-0.2, -0.15) is 0 Å². The number of amides is 1. The summed E-state index contributed by atoms with van der Waals surface area (Å²) in [5.74, 6) is 0.938. The van der Waals surface area contributed by atoms with Crippen LogP contribution >= 0.6 is 23.4 Å². The van der Waals surface area contributed by atoms with Crippen LogP contribution in [0, 0.1) is 0 Å². The summed E-state index contributed by atoms with van der Waals surface area (Å²) < 4.78 is 5.15. The predicted octanol–water partition coefficient (Wildman–Crippen LogP) is 3.83. The summed E-state index contributed by atoms with van der Waals surface area (Å²) in [7, 11) is 1.50. The molecule has 0 saturated carbocycles. The fourth-order valence-corrected chi connectivity index (χ4v) is 3.69. The van der Waals surface area contributed by atoms with E-state index in [2.05, 4.69) is 0 Å². The first-order valence-electron chi connectivity index (χ1n) is 6.66. The van der Waals surface area contributed by atoms with Crippen LogP contribution in [0.5, 0.6) is 11.5 Å². The predicted molar refractivity (Wildman–Crippen MR) is 88.8 cm³/mol. The molecule has 0 spiro atoms. The summed E-state index contributed by atoms with van der Waals surface area (Å²) in [5, 5.41) is 10.2. The van der Waals surface area contributed by atoms with Gasteiger partial charge in [0.25, 0.3) is 0 Å². The summed E-state index contributed by atoms with van der Waals surface area (Å²) in [5.41, 5.74) is 1.71. The van der Waals surface area contributed by atoms with Crippen molar-refractivity contribution in [3.63, 3.8) is 0 Å². The van der Waals surface area contributed by atoms with Crippen LogP contribution in [0.3, 0.4) is 0 Å². The number of thioether (sulfide) groups is 1. The van der Waals surface area contributed by atoms with Crippen LogP contribution < -0.4 is 9.64 Å². The average molecular weight is 336 g/mol. The van der Waals surface area contributed by atoms with Crippen molar-refractivity contribution in [3.05, 3.63) is 53.1 Å². The molecule has 0 radical (unpaired) electrons. The highest BCUT2D eigenvalue weighted by molar-refractivity contribution is 8.00. The van der Waals surface area contributed by atoms with Gasteiger partial charge in [-0.25, -0.2) is 0 Å². The summed E-state index contributed by atoms with van der Waals surface area (Å²) >= 11 is 7.45. The van der Waals surface area contributed by atoms with E-state index in [0.29, 0.717) is 16.5 Å². The van der Waals surface area contributed by atoms with Gasteiger partial charge in [0.1, 0.15) is 5.37 Å². The van der Waals surface area contributed by atoms with E-state index in [0.717, 1.165) is 11.3 Å². The topological polar surface area (TPSA) is 49.8 Å².